The van der Waals surface area contributed by atoms with E-state index in [1.54, 1.807) is 32.2 Å². The first-order valence-electron chi connectivity index (χ1n) is 10.6. The van der Waals surface area contributed by atoms with Gasteiger partial charge in [-0.2, -0.15) is 0 Å². The lowest BCUT2D eigenvalue weighted by atomic mass is 9.91. The molecule has 0 bridgehead atoms. The zero-order valence-corrected chi connectivity index (χ0v) is 18.1. The molecule has 7 N–H and O–H groups in total. The molecule has 0 saturated heterocycles. The summed E-state index contributed by atoms with van der Waals surface area (Å²) in [5, 5.41) is 16.3. The van der Waals surface area contributed by atoms with Crippen LogP contribution in [0.25, 0.3) is 0 Å². The fraction of sp³-hybridized carbons (Fsp3) is 0.500. The van der Waals surface area contributed by atoms with Crippen LogP contribution in [0, 0.1) is 0 Å². The predicted octanol–water partition coefficient (Wildman–Crippen LogP) is 2.29. The minimum Gasteiger partial charge on any atom is -0.388 e. The maximum atomic E-state index is 11.9. The topological polar surface area (TPSA) is 148 Å². The van der Waals surface area contributed by atoms with Crippen molar-refractivity contribution >= 4 is 23.1 Å². The van der Waals surface area contributed by atoms with Crippen molar-refractivity contribution in [3.05, 3.63) is 41.9 Å². The standard InChI is InChI=1S/C22H32N6O3/c1-22(2,30)13-31-12-14-6-5-9-19(27-14)28-18-10-15(11-25-20(18)21(24)29)26-17-8-4-3-7-16(17)23/h5-6,9-11,16-17,26,30H,3-4,7-8,12-13,23H2,1-2H3,(H2,24,29)(H,27,28)/t16-,17+/m0/s1. The zero-order valence-electron chi connectivity index (χ0n) is 18.1. The number of amides is 1. The molecule has 2 heterocycles. The summed E-state index contributed by atoms with van der Waals surface area (Å²) in [6, 6.07) is 7.49. The zero-order chi connectivity index (χ0) is 22.4. The molecule has 0 spiro atoms. The average molecular weight is 429 g/mol. The minimum atomic E-state index is -0.910. The summed E-state index contributed by atoms with van der Waals surface area (Å²) >= 11 is 0. The Morgan fingerprint density at radius 3 is 2.81 bits per heavy atom. The van der Waals surface area contributed by atoms with Crippen LogP contribution >= 0.6 is 0 Å². The van der Waals surface area contributed by atoms with Crippen molar-refractivity contribution in [1.29, 1.82) is 0 Å². The lowest BCUT2D eigenvalue weighted by molar-refractivity contribution is -0.0276. The Labute approximate surface area is 182 Å². The van der Waals surface area contributed by atoms with E-state index in [4.69, 9.17) is 16.2 Å². The third-order valence-corrected chi connectivity index (χ3v) is 5.07. The van der Waals surface area contributed by atoms with Gasteiger partial charge in [0, 0.05) is 12.1 Å². The number of aromatic nitrogens is 2. The van der Waals surface area contributed by atoms with Gasteiger partial charge in [-0.05, 0) is 44.9 Å². The van der Waals surface area contributed by atoms with Crippen molar-refractivity contribution in [2.24, 2.45) is 11.5 Å². The third kappa shape index (κ3) is 6.88. The summed E-state index contributed by atoms with van der Waals surface area (Å²) in [6.07, 6.45) is 5.86. The second-order valence-electron chi connectivity index (χ2n) is 8.63. The quantitative estimate of drug-likeness (QED) is 0.408. The van der Waals surface area contributed by atoms with Gasteiger partial charge in [0.15, 0.2) is 5.69 Å². The summed E-state index contributed by atoms with van der Waals surface area (Å²) in [5.74, 6) is -0.103. The summed E-state index contributed by atoms with van der Waals surface area (Å²) < 4.78 is 5.52. The first kappa shape index (κ1) is 22.9. The number of pyridine rings is 2. The van der Waals surface area contributed by atoms with Gasteiger partial charge in [0.2, 0.25) is 0 Å². The van der Waals surface area contributed by atoms with Crippen molar-refractivity contribution < 1.29 is 14.6 Å². The Morgan fingerprint density at radius 2 is 2.10 bits per heavy atom. The molecule has 1 fully saturated rings. The Bertz CT molecular complexity index is 899. The molecule has 0 aromatic carbocycles. The van der Waals surface area contributed by atoms with Crippen LogP contribution in [0.1, 0.15) is 55.7 Å². The highest BCUT2D eigenvalue weighted by molar-refractivity contribution is 5.97. The monoisotopic (exact) mass is 428 g/mol. The number of carbonyl (C=O) groups is 1. The number of aliphatic hydroxyl groups is 1. The minimum absolute atomic E-state index is 0.0863. The molecule has 1 aliphatic carbocycles. The Balaban J connectivity index is 1.74. The van der Waals surface area contributed by atoms with Crippen LogP contribution in [0.2, 0.25) is 0 Å². The van der Waals surface area contributed by atoms with Gasteiger partial charge in [0.1, 0.15) is 5.82 Å². The number of hydrogen-bond donors (Lipinski definition) is 5. The number of anilines is 3. The van der Waals surface area contributed by atoms with Crippen LogP contribution in [0.15, 0.2) is 30.5 Å². The number of nitrogens with one attached hydrogen (secondary N) is 2. The number of ether oxygens (including phenoxy) is 1. The first-order chi connectivity index (χ1) is 14.7. The van der Waals surface area contributed by atoms with E-state index >= 15 is 0 Å². The molecule has 0 aliphatic heterocycles. The van der Waals surface area contributed by atoms with Crippen LogP contribution in [-0.2, 0) is 11.3 Å². The Kier molecular flexibility index (Phi) is 7.42. The van der Waals surface area contributed by atoms with E-state index in [2.05, 4.69) is 20.6 Å². The summed E-state index contributed by atoms with van der Waals surface area (Å²) in [4.78, 5) is 20.6. The van der Waals surface area contributed by atoms with Crippen LogP contribution in [0.3, 0.4) is 0 Å². The summed E-state index contributed by atoms with van der Waals surface area (Å²) in [5.41, 5.74) is 12.9. The Morgan fingerprint density at radius 1 is 1.32 bits per heavy atom. The van der Waals surface area contributed by atoms with Crippen molar-refractivity contribution in [2.75, 3.05) is 17.2 Å². The number of nitrogens with two attached hydrogens (primary N) is 2. The van der Waals surface area contributed by atoms with Gasteiger partial charge in [-0.3, -0.25) is 4.79 Å². The maximum Gasteiger partial charge on any atom is 0.269 e. The van der Waals surface area contributed by atoms with E-state index < -0.39 is 11.5 Å². The van der Waals surface area contributed by atoms with Crippen LogP contribution in [-0.4, -0.2) is 45.3 Å². The average Bonchev–Trinajstić information content (AvgIpc) is 2.69. The number of nitrogens with zero attached hydrogens (tertiary/aromatic N) is 2. The molecule has 0 radical (unpaired) electrons. The smallest absolute Gasteiger partial charge is 0.269 e. The molecule has 9 heteroatoms. The summed E-state index contributed by atoms with van der Waals surface area (Å²) in [7, 11) is 0. The Hall–Kier alpha value is -2.75. The fourth-order valence-corrected chi connectivity index (χ4v) is 3.56. The van der Waals surface area contributed by atoms with Gasteiger partial charge < -0.3 is 31.9 Å². The van der Waals surface area contributed by atoms with Crippen LogP contribution < -0.4 is 22.1 Å². The molecular weight excluding hydrogens is 396 g/mol. The molecule has 1 aliphatic rings. The molecule has 3 rings (SSSR count). The largest absolute Gasteiger partial charge is 0.388 e. The molecule has 1 amide bonds. The fourth-order valence-electron chi connectivity index (χ4n) is 3.56. The van der Waals surface area contributed by atoms with Crippen molar-refractivity contribution in [3.63, 3.8) is 0 Å². The van der Waals surface area contributed by atoms with Gasteiger partial charge >= 0.3 is 0 Å². The van der Waals surface area contributed by atoms with Crippen molar-refractivity contribution in [2.45, 2.75) is 63.8 Å². The van der Waals surface area contributed by atoms with Crippen molar-refractivity contribution in [3.8, 4) is 0 Å². The first-order valence-corrected chi connectivity index (χ1v) is 10.6. The molecule has 2 aromatic heterocycles. The lowest BCUT2D eigenvalue weighted by Gasteiger charge is -2.30. The molecule has 0 unspecified atom stereocenters. The molecule has 1 saturated carbocycles. The van der Waals surface area contributed by atoms with E-state index in [1.807, 2.05) is 12.1 Å². The van der Waals surface area contributed by atoms with Gasteiger partial charge in [0.25, 0.3) is 5.91 Å². The molecule has 2 atom stereocenters. The number of rotatable bonds is 9. The molecule has 9 nitrogen and oxygen atoms in total. The predicted molar refractivity (Wildman–Crippen MR) is 120 cm³/mol. The van der Waals surface area contributed by atoms with Gasteiger partial charge in [-0.15, -0.1) is 0 Å². The molecular formula is C22H32N6O3. The van der Waals surface area contributed by atoms with E-state index in [1.165, 1.54) is 0 Å². The lowest BCUT2D eigenvalue weighted by Crippen LogP contribution is -2.42. The highest BCUT2D eigenvalue weighted by Crippen LogP contribution is 2.25. The van der Waals surface area contributed by atoms with E-state index in [0.29, 0.717) is 17.2 Å². The third-order valence-electron chi connectivity index (χ3n) is 5.07. The summed E-state index contributed by atoms with van der Waals surface area (Å²) in [6.45, 7) is 3.80. The molecule has 2 aromatic rings. The van der Waals surface area contributed by atoms with E-state index in [-0.39, 0.29) is 31.0 Å². The van der Waals surface area contributed by atoms with E-state index in [9.17, 15) is 9.90 Å². The number of hydrogen-bond acceptors (Lipinski definition) is 8. The number of carbonyl (C=O) groups excluding carboxylic acids is 1. The van der Waals surface area contributed by atoms with Gasteiger partial charge in [-0.1, -0.05) is 18.9 Å². The normalized spacial score (nSPS) is 19.1. The van der Waals surface area contributed by atoms with Crippen molar-refractivity contribution in [1.82, 2.24) is 9.97 Å². The van der Waals surface area contributed by atoms with Gasteiger partial charge in [-0.25, -0.2) is 9.97 Å². The second kappa shape index (κ2) is 10.0. The SMILES string of the molecule is CC(C)(O)COCc1cccc(Nc2cc(N[C@@H]3CCCC[C@@H]3N)cnc2C(N)=O)n1. The highest BCUT2D eigenvalue weighted by atomic mass is 16.5. The number of primary amides is 1. The maximum absolute atomic E-state index is 11.9. The van der Waals surface area contributed by atoms with Gasteiger partial charge in [0.05, 0.1) is 42.1 Å². The molecule has 168 valence electrons. The van der Waals surface area contributed by atoms with E-state index in [0.717, 1.165) is 31.4 Å². The second-order valence-corrected chi connectivity index (χ2v) is 8.63. The van der Waals surface area contributed by atoms with Crippen LogP contribution in [0.4, 0.5) is 17.2 Å². The van der Waals surface area contributed by atoms with Crippen LogP contribution in [0.5, 0.6) is 0 Å². The highest BCUT2D eigenvalue weighted by Gasteiger charge is 2.22. The molecule has 31 heavy (non-hydrogen) atoms.